The third kappa shape index (κ3) is 3.72. The zero-order valence-electron chi connectivity index (χ0n) is 17.6. The Bertz CT molecular complexity index is 1170. The molecule has 3 heterocycles. The van der Waals surface area contributed by atoms with Crippen LogP contribution in [-0.4, -0.2) is 62.0 Å². The summed E-state index contributed by atoms with van der Waals surface area (Å²) < 4.78 is 69.2. The normalized spacial score (nSPS) is 15.8. The maximum Gasteiger partial charge on any atom is 0.419 e. The summed E-state index contributed by atoms with van der Waals surface area (Å²) in [5.74, 6) is -4.90. The molecule has 0 aliphatic carbocycles. The third-order valence-corrected chi connectivity index (χ3v) is 5.63. The summed E-state index contributed by atoms with van der Waals surface area (Å²) in [5, 5.41) is 13.9. The number of halogens is 5. The minimum atomic E-state index is -5.13. The van der Waals surface area contributed by atoms with Crippen LogP contribution in [0.2, 0.25) is 0 Å². The van der Waals surface area contributed by atoms with Gasteiger partial charge in [-0.2, -0.15) is 23.3 Å². The van der Waals surface area contributed by atoms with Crippen LogP contribution < -0.4 is 4.90 Å². The van der Waals surface area contributed by atoms with Gasteiger partial charge in [0, 0.05) is 51.0 Å². The number of aromatic nitrogens is 4. The molecule has 1 fully saturated rings. The molecular formula is C20H21F5N6O. The number of benzene rings is 1. The minimum absolute atomic E-state index is 0.176. The summed E-state index contributed by atoms with van der Waals surface area (Å²) in [4.78, 5) is 13.1. The number of aromatic hydroxyl groups is 1. The molecule has 3 aromatic rings. The van der Waals surface area contributed by atoms with Gasteiger partial charge >= 0.3 is 6.18 Å². The Morgan fingerprint density at radius 1 is 1.06 bits per heavy atom. The molecule has 0 amide bonds. The summed E-state index contributed by atoms with van der Waals surface area (Å²) in [6.07, 6.45) is -3.78. The van der Waals surface area contributed by atoms with E-state index in [0.29, 0.717) is 31.1 Å². The third-order valence-electron chi connectivity index (χ3n) is 5.63. The van der Waals surface area contributed by atoms with E-state index in [1.54, 1.807) is 0 Å². The molecule has 1 aliphatic heterocycles. The van der Waals surface area contributed by atoms with Crippen LogP contribution in [0, 0.1) is 11.6 Å². The number of phenolic OH excluding ortho intramolecular Hbond substituents is 1. The smallest absolute Gasteiger partial charge is 0.419 e. The van der Waals surface area contributed by atoms with Crippen molar-refractivity contribution in [2.45, 2.75) is 26.1 Å². The lowest BCUT2D eigenvalue weighted by Crippen LogP contribution is -2.49. The van der Waals surface area contributed by atoms with Crippen LogP contribution in [-0.2, 0) is 13.2 Å². The first-order valence-corrected chi connectivity index (χ1v) is 9.96. The van der Waals surface area contributed by atoms with E-state index in [9.17, 15) is 27.1 Å². The SMILES string of the molecule is CC(C)N1CCN(c2ncc3c(-c4cc(C(F)(F)F)c(F)c(O)c4F)nn(C)c3n2)CC1. The fourth-order valence-corrected chi connectivity index (χ4v) is 3.82. The van der Waals surface area contributed by atoms with Crippen molar-refractivity contribution in [3.8, 4) is 17.0 Å². The highest BCUT2D eigenvalue weighted by molar-refractivity contribution is 5.91. The van der Waals surface area contributed by atoms with Gasteiger partial charge in [0.25, 0.3) is 0 Å². The Morgan fingerprint density at radius 2 is 1.72 bits per heavy atom. The molecule has 32 heavy (non-hydrogen) atoms. The van der Waals surface area contributed by atoms with E-state index in [1.807, 2.05) is 4.90 Å². The number of aryl methyl sites for hydroxylation is 1. The van der Waals surface area contributed by atoms with Crippen molar-refractivity contribution in [3.63, 3.8) is 0 Å². The molecule has 1 saturated heterocycles. The first-order valence-electron chi connectivity index (χ1n) is 9.96. The summed E-state index contributed by atoms with van der Waals surface area (Å²) in [7, 11) is 1.51. The van der Waals surface area contributed by atoms with E-state index < -0.39 is 34.7 Å². The molecule has 172 valence electrons. The molecule has 1 aliphatic rings. The van der Waals surface area contributed by atoms with Crippen molar-refractivity contribution < 1.29 is 27.1 Å². The largest absolute Gasteiger partial charge is 0.503 e. The predicted octanol–water partition coefficient (Wildman–Crippen LogP) is 3.56. The van der Waals surface area contributed by atoms with Crippen LogP contribution in [0.25, 0.3) is 22.3 Å². The summed E-state index contributed by atoms with van der Waals surface area (Å²) in [5.41, 5.74) is -2.43. The predicted molar refractivity (Wildman–Crippen MR) is 107 cm³/mol. The highest BCUT2D eigenvalue weighted by atomic mass is 19.4. The number of nitrogens with zero attached hydrogens (tertiary/aromatic N) is 6. The molecule has 0 radical (unpaired) electrons. The van der Waals surface area contributed by atoms with E-state index >= 15 is 0 Å². The number of hydrogen-bond donors (Lipinski definition) is 1. The average molecular weight is 456 g/mol. The summed E-state index contributed by atoms with van der Waals surface area (Å²) >= 11 is 0. The molecule has 0 spiro atoms. The molecule has 12 heteroatoms. The van der Waals surface area contributed by atoms with Gasteiger partial charge in [-0.05, 0) is 19.9 Å². The van der Waals surface area contributed by atoms with Gasteiger partial charge in [-0.15, -0.1) is 0 Å². The number of hydrogen-bond acceptors (Lipinski definition) is 6. The number of alkyl halides is 3. The van der Waals surface area contributed by atoms with Crippen LogP contribution in [0.3, 0.4) is 0 Å². The van der Waals surface area contributed by atoms with Crippen molar-refractivity contribution in [1.29, 1.82) is 0 Å². The van der Waals surface area contributed by atoms with Crippen LogP contribution in [0.15, 0.2) is 12.3 Å². The highest BCUT2D eigenvalue weighted by Gasteiger charge is 2.38. The van der Waals surface area contributed by atoms with Crippen molar-refractivity contribution in [2.24, 2.45) is 7.05 Å². The van der Waals surface area contributed by atoms with E-state index in [0.717, 1.165) is 13.1 Å². The van der Waals surface area contributed by atoms with E-state index in [1.165, 1.54) is 17.9 Å². The molecule has 4 rings (SSSR count). The highest BCUT2D eigenvalue weighted by Crippen LogP contribution is 2.41. The molecular weight excluding hydrogens is 435 g/mol. The monoisotopic (exact) mass is 456 g/mol. The van der Waals surface area contributed by atoms with Crippen LogP contribution in [0.5, 0.6) is 5.75 Å². The second-order valence-electron chi connectivity index (χ2n) is 7.94. The average Bonchev–Trinajstić information content (AvgIpc) is 3.07. The lowest BCUT2D eigenvalue weighted by molar-refractivity contribution is -0.140. The molecule has 2 aromatic heterocycles. The van der Waals surface area contributed by atoms with Crippen molar-refractivity contribution in [3.05, 3.63) is 29.5 Å². The first-order chi connectivity index (χ1) is 15.0. The Kier molecular flexibility index (Phi) is 5.43. The lowest BCUT2D eigenvalue weighted by atomic mass is 10.0. The Morgan fingerprint density at radius 3 is 2.31 bits per heavy atom. The maximum absolute atomic E-state index is 14.6. The Balaban J connectivity index is 1.76. The Hall–Kier alpha value is -3.02. The molecule has 0 atom stereocenters. The molecule has 7 nitrogen and oxygen atoms in total. The van der Waals surface area contributed by atoms with Gasteiger partial charge in [-0.3, -0.25) is 4.90 Å². The number of rotatable bonds is 3. The molecule has 0 bridgehead atoms. The van der Waals surface area contributed by atoms with Gasteiger partial charge in [0.15, 0.2) is 23.0 Å². The molecule has 0 saturated carbocycles. The zero-order valence-corrected chi connectivity index (χ0v) is 17.6. The number of fused-ring (bicyclic) bond motifs is 1. The second-order valence-corrected chi connectivity index (χ2v) is 7.94. The van der Waals surface area contributed by atoms with Gasteiger partial charge < -0.3 is 10.0 Å². The van der Waals surface area contributed by atoms with Crippen LogP contribution in [0.4, 0.5) is 27.9 Å². The second kappa shape index (κ2) is 7.84. The minimum Gasteiger partial charge on any atom is -0.503 e. The number of anilines is 1. The van der Waals surface area contributed by atoms with Crippen molar-refractivity contribution >= 4 is 17.0 Å². The molecule has 0 unspecified atom stereocenters. The fraction of sp³-hybridized carbons (Fsp3) is 0.450. The first kappa shape index (κ1) is 22.2. The van der Waals surface area contributed by atoms with Gasteiger partial charge in [-0.25, -0.2) is 18.4 Å². The topological polar surface area (TPSA) is 70.3 Å². The summed E-state index contributed by atoms with van der Waals surface area (Å²) in [6, 6.07) is 0.717. The van der Waals surface area contributed by atoms with E-state index in [-0.39, 0.29) is 16.7 Å². The molecule has 1 aromatic carbocycles. The van der Waals surface area contributed by atoms with Crippen molar-refractivity contribution in [1.82, 2.24) is 24.6 Å². The van der Waals surface area contributed by atoms with Crippen LogP contribution >= 0.6 is 0 Å². The van der Waals surface area contributed by atoms with Gasteiger partial charge in [0.2, 0.25) is 5.95 Å². The van der Waals surface area contributed by atoms with Crippen LogP contribution in [0.1, 0.15) is 19.4 Å². The zero-order chi connectivity index (χ0) is 23.4. The quantitative estimate of drug-likeness (QED) is 0.608. The Labute approximate surface area is 180 Å². The van der Waals surface area contributed by atoms with Gasteiger partial charge in [0.05, 0.1) is 10.9 Å². The number of phenols is 1. The fourth-order valence-electron chi connectivity index (χ4n) is 3.82. The van der Waals surface area contributed by atoms with E-state index in [4.69, 9.17) is 0 Å². The lowest BCUT2D eigenvalue weighted by Gasteiger charge is -2.36. The van der Waals surface area contributed by atoms with Crippen molar-refractivity contribution in [2.75, 3.05) is 31.1 Å². The van der Waals surface area contributed by atoms with Gasteiger partial charge in [-0.1, -0.05) is 0 Å². The standard InChI is InChI=1S/C20H21F5N6O/c1-10(2)30-4-6-31(7-5-30)19-26-9-12-16(28-29(3)18(12)27-19)11-8-13(20(23,24)25)15(22)17(32)14(11)21/h8-10,32H,4-7H2,1-3H3. The summed E-state index contributed by atoms with van der Waals surface area (Å²) in [6.45, 7) is 7.29. The maximum atomic E-state index is 14.6. The van der Waals surface area contributed by atoms with Gasteiger partial charge in [0.1, 0.15) is 5.69 Å². The van der Waals surface area contributed by atoms with E-state index in [2.05, 4.69) is 33.8 Å². The number of piperazine rings is 1. The molecule has 1 N–H and O–H groups in total.